The fourth-order valence-electron chi connectivity index (χ4n) is 10.5. The van der Waals surface area contributed by atoms with Gasteiger partial charge in [0.2, 0.25) is 5.91 Å². The van der Waals surface area contributed by atoms with Gasteiger partial charge in [0.25, 0.3) is 0 Å². The van der Waals surface area contributed by atoms with Gasteiger partial charge in [-0.05, 0) is 12.8 Å². The summed E-state index contributed by atoms with van der Waals surface area (Å²) >= 11 is 0. The van der Waals surface area contributed by atoms with E-state index in [9.17, 15) is 15.0 Å². The molecular formula is C63H127NO3. The summed E-state index contributed by atoms with van der Waals surface area (Å²) in [5.41, 5.74) is 0. The summed E-state index contributed by atoms with van der Waals surface area (Å²) in [4.78, 5) is 12.5. The van der Waals surface area contributed by atoms with E-state index in [1.807, 2.05) is 0 Å². The Morgan fingerprint density at radius 2 is 0.478 bits per heavy atom. The minimum Gasteiger partial charge on any atom is -0.394 e. The zero-order valence-corrected chi connectivity index (χ0v) is 46.5. The second kappa shape index (κ2) is 59.7. The van der Waals surface area contributed by atoms with Gasteiger partial charge in [-0.1, -0.05) is 361 Å². The molecule has 2 unspecified atom stereocenters. The molecule has 4 heteroatoms. The Morgan fingerprint density at radius 1 is 0.299 bits per heavy atom. The van der Waals surface area contributed by atoms with Crippen LogP contribution >= 0.6 is 0 Å². The van der Waals surface area contributed by atoms with Crippen LogP contribution in [-0.4, -0.2) is 34.9 Å². The highest BCUT2D eigenvalue weighted by Gasteiger charge is 2.20. The topological polar surface area (TPSA) is 69.6 Å². The first-order chi connectivity index (χ1) is 33.2. The molecule has 0 heterocycles. The number of rotatable bonds is 60. The Bertz CT molecular complexity index is 894. The molecule has 2 atom stereocenters. The maximum Gasteiger partial charge on any atom is 0.220 e. The number of aliphatic hydroxyl groups is 2. The van der Waals surface area contributed by atoms with E-state index in [0.29, 0.717) is 12.8 Å². The van der Waals surface area contributed by atoms with E-state index in [2.05, 4.69) is 19.2 Å². The van der Waals surface area contributed by atoms with Crippen molar-refractivity contribution < 1.29 is 15.0 Å². The molecule has 3 N–H and O–H groups in total. The van der Waals surface area contributed by atoms with Gasteiger partial charge in [-0.2, -0.15) is 0 Å². The van der Waals surface area contributed by atoms with Crippen molar-refractivity contribution in [3.63, 3.8) is 0 Å². The van der Waals surface area contributed by atoms with Gasteiger partial charge in [0.15, 0.2) is 0 Å². The molecule has 0 aliphatic carbocycles. The molecule has 0 saturated heterocycles. The zero-order chi connectivity index (χ0) is 48.5. The minimum atomic E-state index is -0.656. The lowest BCUT2D eigenvalue weighted by atomic mass is 10.0. The molecule has 0 aromatic heterocycles. The van der Waals surface area contributed by atoms with Crippen molar-refractivity contribution in [1.29, 1.82) is 0 Å². The quantitative estimate of drug-likeness (QED) is 0.0532. The van der Waals surface area contributed by atoms with Crippen LogP contribution in [0.2, 0.25) is 0 Å². The molecular weight excluding hydrogens is 819 g/mol. The first kappa shape index (κ1) is 66.4. The highest BCUT2D eigenvalue weighted by atomic mass is 16.3. The maximum atomic E-state index is 12.5. The number of hydrogen-bond acceptors (Lipinski definition) is 3. The van der Waals surface area contributed by atoms with Crippen molar-refractivity contribution in [3.05, 3.63) is 0 Å². The number of amides is 1. The summed E-state index contributed by atoms with van der Waals surface area (Å²) in [5, 5.41) is 23.4. The third kappa shape index (κ3) is 56.2. The SMILES string of the molecule is CCCCCCCCCCCCCCCCCCCCCCCCCCCCCCCCCCCC(O)C(CO)NC(=O)CCCCCCCCCCCCCCCCCCCCCCCC. The molecule has 4 nitrogen and oxygen atoms in total. The second-order valence-corrected chi connectivity index (χ2v) is 22.2. The Kier molecular flexibility index (Phi) is 59.2. The fraction of sp³-hybridized carbons (Fsp3) is 0.984. The normalized spacial score (nSPS) is 12.6. The largest absolute Gasteiger partial charge is 0.394 e. The predicted octanol–water partition coefficient (Wildman–Crippen LogP) is 21.1. The summed E-state index contributed by atoms with van der Waals surface area (Å²) in [6.45, 7) is 4.41. The zero-order valence-electron chi connectivity index (χ0n) is 46.5. The lowest BCUT2D eigenvalue weighted by Gasteiger charge is -2.22. The molecule has 67 heavy (non-hydrogen) atoms. The lowest BCUT2D eigenvalue weighted by Crippen LogP contribution is -2.45. The van der Waals surface area contributed by atoms with E-state index in [-0.39, 0.29) is 12.5 Å². The van der Waals surface area contributed by atoms with Crippen LogP contribution in [0.15, 0.2) is 0 Å². The molecule has 1 amide bonds. The molecule has 0 fully saturated rings. The Balaban J connectivity index is 3.36. The van der Waals surface area contributed by atoms with Crippen LogP contribution in [-0.2, 0) is 4.79 Å². The van der Waals surface area contributed by atoms with E-state index in [1.165, 1.54) is 327 Å². The summed E-state index contributed by atoms with van der Waals surface area (Å²) in [6, 6.07) is -0.532. The second-order valence-electron chi connectivity index (χ2n) is 22.2. The molecule has 0 radical (unpaired) electrons. The third-order valence-electron chi connectivity index (χ3n) is 15.4. The van der Waals surface area contributed by atoms with E-state index in [0.717, 1.165) is 25.7 Å². The standard InChI is InChI=1S/C63H127NO3/c1-3-5-7-9-11-13-15-17-19-21-23-25-27-28-29-30-31-32-33-34-35-36-37-38-40-42-44-46-48-50-52-54-56-58-62(66)61(60-65)64-63(67)59-57-55-53-51-49-47-45-43-41-39-26-24-22-20-18-16-14-12-10-8-6-4-2/h61-62,65-66H,3-60H2,1-2H3,(H,64,67). The van der Waals surface area contributed by atoms with Crippen LogP contribution in [0, 0.1) is 0 Å². The van der Waals surface area contributed by atoms with Crippen molar-refractivity contribution >= 4 is 5.91 Å². The minimum absolute atomic E-state index is 0.0209. The van der Waals surface area contributed by atoms with E-state index in [1.54, 1.807) is 0 Å². The average Bonchev–Trinajstić information content (AvgIpc) is 3.33. The molecule has 0 aromatic rings. The molecule has 0 spiro atoms. The third-order valence-corrected chi connectivity index (χ3v) is 15.4. The molecule has 0 saturated carbocycles. The van der Waals surface area contributed by atoms with Crippen molar-refractivity contribution in [2.75, 3.05) is 6.61 Å². The van der Waals surface area contributed by atoms with Crippen LogP contribution in [0.1, 0.15) is 380 Å². The van der Waals surface area contributed by atoms with Crippen molar-refractivity contribution in [2.45, 2.75) is 392 Å². The smallest absolute Gasteiger partial charge is 0.220 e. The van der Waals surface area contributed by atoms with E-state index in [4.69, 9.17) is 0 Å². The molecule has 0 bridgehead atoms. The molecule has 402 valence electrons. The van der Waals surface area contributed by atoms with Gasteiger partial charge in [0, 0.05) is 6.42 Å². The van der Waals surface area contributed by atoms with Crippen LogP contribution in [0.25, 0.3) is 0 Å². The van der Waals surface area contributed by atoms with Crippen molar-refractivity contribution in [3.8, 4) is 0 Å². The Morgan fingerprint density at radius 3 is 0.672 bits per heavy atom. The average molecular weight is 947 g/mol. The van der Waals surface area contributed by atoms with Gasteiger partial charge in [0.1, 0.15) is 0 Å². The highest BCUT2D eigenvalue weighted by Crippen LogP contribution is 2.19. The van der Waals surface area contributed by atoms with Crippen molar-refractivity contribution in [1.82, 2.24) is 5.32 Å². The number of unbranched alkanes of at least 4 members (excludes halogenated alkanes) is 53. The first-order valence-electron chi connectivity index (χ1n) is 31.7. The Labute approximate surface area is 423 Å². The summed E-state index contributed by atoms with van der Waals surface area (Å²) in [7, 11) is 0. The van der Waals surface area contributed by atoms with Gasteiger partial charge in [-0.15, -0.1) is 0 Å². The number of aliphatic hydroxyl groups excluding tert-OH is 2. The Hall–Kier alpha value is -0.610. The summed E-state index contributed by atoms with van der Waals surface area (Å²) < 4.78 is 0. The van der Waals surface area contributed by atoms with Gasteiger partial charge in [-0.25, -0.2) is 0 Å². The van der Waals surface area contributed by atoms with Crippen LogP contribution in [0.5, 0.6) is 0 Å². The van der Waals surface area contributed by atoms with Crippen LogP contribution in [0.4, 0.5) is 0 Å². The first-order valence-corrected chi connectivity index (χ1v) is 31.7. The van der Waals surface area contributed by atoms with E-state index >= 15 is 0 Å². The monoisotopic (exact) mass is 946 g/mol. The molecule has 0 rings (SSSR count). The van der Waals surface area contributed by atoms with Crippen molar-refractivity contribution in [2.24, 2.45) is 0 Å². The highest BCUT2D eigenvalue weighted by molar-refractivity contribution is 5.76. The molecule has 0 aliphatic rings. The van der Waals surface area contributed by atoms with Gasteiger partial charge >= 0.3 is 0 Å². The van der Waals surface area contributed by atoms with Gasteiger partial charge in [0.05, 0.1) is 18.8 Å². The number of carbonyl (C=O) groups excluding carboxylic acids is 1. The van der Waals surface area contributed by atoms with Gasteiger partial charge in [-0.3, -0.25) is 4.79 Å². The molecule has 0 aliphatic heterocycles. The van der Waals surface area contributed by atoms with Crippen LogP contribution < -0.4 is 5.32 Å². The summed E-state index contributed by atoms with van der Waals surface area (Å²) in [6.07, 6.45) is 77.0. The lowest BCUT2D eigenvalue weighted by molar-refractivity contribution is -0.123. The number of nitrogens with one attached hydrogen (secondary N) is 1. The van der Waals surface area contributed by atoms with Gasteiger partial charge < -0.3 is 15.5 Å². The number of carbonyl (C=O) groups is 1. The fourth-order valence-corrected chi connectivity index (χ4v) is 10.5. The predicted molar refractivity (Wildman–Crippen MR) is 300 cm³/mol. The van der Waals surface area contributed by atoms with Crippen LogP contribution in [0.3, 0.4) is 0 Å². The van der Waals surface area contributed by atoms with E-state index < -0.39 is 12.1 Å². The number of hydrogen-bond donors (Lipinski definition) is 3. The molecule has 0 aromatic carbocycles. The maximum absolute atomic E-state index is 12.5. The summed E-state index contributed by atoms with van der Waals surface area (Å²) in [5.74, 6) is -0.0209.